The number of rotatable bonds is 6. The number of carbonyl (C=O) groups is 2. The number of halogens is 1. The van der Waals surface area contributed by atoms with Gasteiger partial charge in [0, 0.05) is 32.7 Å². The summed E-state index contributed by atoms with van der Waals surface area (Å²) in [5, 5.41) is 3.12. The highest BCUT2D eigenvalue weighted by molar-refractivity contribution is 5.89. The summed E-state index contributed by atoms with van der Waals surface area (Å²) in [6.45, 7) is 10.9. The maximum absolute atomic E-state index is 12.1. The van der Waals surface area contributed by atoms with Gasteiger partial charge < -0.3 is 15.1 Å². The molecule has 1 N–H and O–H groups in total. The molecule has 1 heterocycles. The predicted molar refractivity (Wildman–Crippen MR) is 78.4 cm³/mol. The molecule has 1 atom stereocenters. The summed E-state index contributed by atoms with van der Waals surface area (Å²) in [5.41, 5.74) is 0. The van der Waals surface area contributed by atoms with Crippen LogP contribution in [0.15, 0.2) is 12.7 Å². The van der Waals surface area contributed by atoms with E-state index in [1.165, 1.54) is 0 Å². The van der Waals surface area contributed by atoms with Crippen molar-refractivity contribution in [3.05, 3.63) is 12.7 Å². The average Bonchev–Trinajstić information content (AvgIpc) is 2.36. The Morgan fingerprint density at radius 3 is 2.68 bits per heavy atom. The summed E-state index contributed by atoms with van der Waals surface area (Å²) >= 11 is 0. The van der Waals surface area contributed by atoms with Gasteiger partial charge in [0.2, 0.25) is 11.8 Å². The van der Waals surface area contributed by atoms with Gasteiger partial charge in [-0.1, -0.05) is 6.08 Å². The molecule has 1 fully saturated rings. The molecule has 0 aliphatic carbocycles. The van der Waals surface area contributed by atoms with Crippen LogP contribution in [0.5, 0.6) is 0 Å². The van der Waals surface area contributed by atoms with Crippen molar-refractivity contribution in [2.75, 3.05) is 32.7 Å². The van der Waals surface area contributed by atoms with E-state index in [9.17, 15) is 9.59 Å². The molecule has 0 aromatic rings. The molecular weight excluding hydrogens is 266 g/mol. The van der Waals surface area contributed by atoms with Crippen LogP contribution in [-0.4, -0.2) is 60.4 Å². The highest BCUT2D eigenvalue weighted by Crippen LogP contribution is 2.07. The lowest BCUT2D eigenvalue weighted by Crippen LogP contribution is -2.56. The molecule has 5 nitrogen and oxygen atoms in total. The highest BCUT2D eigenvalue weighted by Gasteiger charge is 2.30. The van der Waals surface area contributed by atoms with Gasteiger partial charge in [-0.3, -0.25) is 9.59 Å². The number of hydrogen-bond donors (Lipinski definition) is 1. The Bertz CT molecular complexity index is 319. The molecule has 0 saturated carbocycles. The standard InChI is InChI=1S/C13H23N3O2.ClH/c1-4-8-16-9-7-14-11(13(16)18)10-12(17)15(5-2)6-3;/h4,11,14H,1,5-10H2,2-3H3;1H. The van der Waals surface area contributed by atoms with E-state index in [1.54, 1.807) is 15.9 Å². The minimum atomic E-state index is -0.383. The summed E-state index contributed by atoms with van der Waals surface area (Å²) in [6, 6.07) is -0.383. The zero-order valence-electron chi connectivity index (χ0n) is 11.7. The van der Waals surface area contributed by atoms with Crippen LogP contribution in [0.25, 0.3) is 0 Å². The summed E-state index contributed by atoms with van der Waals surface area (Å²) in [7, 11) is 0. The van der Waals surface area contributed by atoms with Crippen LogP contribution in [0.1, 0.15) is 20.3 Å². The Morgan fingerprint density at radius 2 is 2.16 bits per heavy atom. The van der Waals surface area contributed by atoms with Gasteiger partial charge in [-0.25, -0.2) is 0 Å². The SMILES string of the molecule is C=CCN1CCNC(CC(=O)N(CC)CC)C1=O.Cl. The quantitative estimate of drug-likeness (QED) is 0.731. The Hall–Kier alpha value is -1.07. The van der Waals surface area contributed by atoms with Crippen molar-refractivity contribution in [2.24, 2.45) is 0 Å². The van der Waals surface area contributed by atoms with Crippen LogP contribution in [0.2, 0.25) is 0 Å². The largest absolute Gasteiger partial charge is 0.343 e. The van der Waals surface area contributed by atoms with E-state index in [4.69, 9.17) is 0 Å². The zero-order valence-corrected chi connectivity index (χ0v) is 12.5. The monoisotopic (exact) mass is 289 g/mol. The molecule has 1 rings (SSSR count). The Kier molecular flexibility index (Phi) is 8.43. The fourth-order valence-corrected chi connectivity index (χ4v) is 2.17. The van der Waals surface area contributed by atoms with E-state index in [0.717, 1.165) is 6.54 Å². The van der Waals surface area contributed by atoms with Crippen molar-refractivity contribution >= 4 is 24.2 Å². The van der Waals surface area contributed by atoms with Crippen LogP contribution in [0.3, 0.4) is 0 Å². The third kappa shape index (κ3) is 4.84. The summed E-state index contributed by atoms with van der Waals surface area (Å²) in [5.74, 6) is 0.0351. The lowest BCUT2D eigenvalue weighted by Gasteiger charge is -2.33. The Labute approximate surface area is 121 Å². The highest BCUT2D eigenvalue weighted by atomic mass is 35.5. The summed E-state index contributed by atoms with van der Waals surface area (Å²) in [4.78, 5) is 27.6. The zero-order chi connectivity index (χ0) is 13.5. The summed E-state index contributed by atoms with van der Waals surface area (Å²) in [6.07, 6.45) is 1.96. The molecule has 1 unspecified atom stereocenters. The lowest BCUT2D eigenvalue weighted by atomic mass is 10.1. The first kappa shape index (κ1) is 17.9. The molecule has 0 aromatic heterocycles. The molecule has 0 bridgehead atoms. The molecule has 0 radical (unpaired) electrons. The van der Waals surface area contributed by atoms with E-state index in [0.29, 0.717) is 26.2 Å². The van der Waals surface area contributed by atoms with Gasteiger partial charge in [0.15, 0.2) is 0 Å². The average molecular weight is 290 g/mol. The molecule has 0 aromatic carbocycles. The third-order valence-electron chi connectivity index (χ3n) is 3.23. The molecular formula is C13H24ClN3O2. The van der Waals surface area contributed by atoms with Crippen molar-refractivity contribution in [2.45, 2.75) is 26.3 Å². The molecule has 1 aliphatic heterocycles. The number of piperazine rings is 1. The lowest BCUT2D eigenvalue weighted by molar-refractivity contribution is -0.140. The second-order valence-corrected chi connectivity index (χ2v) is 4.35. The maximum Gasteiger partial charge on any atom is 0.240 e. The van der Waals surface area contributed by atoms with Gasteiger partial charge >= 0.3 is 0 Å². The van der Waals surface area contributed by atoms with E-state index >= 15 is 0 Å². The van der Waals surface area contributed by atoms with Crippen LogP contribution >= 0.6 is 12.4 Å². The van der Waals surface area contributed by atoms with E-state index in [1.807, 2.05) is 13.8 Å². The van der Waals surface area contributed by atoms with Crippen molar-refractivity contribution in [3.63, 3.8) is 0 Å². The van der Waals surface area contributed by atoms with Crippen molar-refractivity contribution < 1.29 is 9.59 Å². The Balaban J connectivity index is 0.00000324. The van der Waals surface area contributed by atoms with Gasteiger partial charge in [-0.2, -0.15) is 0 Å². The van der Waals surface area contributed by atoms with E-state index in [2.05, 4.69) is 11.9 Å². The molecule has 19 heavy (non-hydrogen) atoms. The fourth-order valence-electron chi connectivity index (χ4n) is 2.17. The predicted octanol–water partition coefficient (Wildman–Crippen LogP) is 0.653. The van der Waals surface area contributed by atoms with E-state index < -0.39 is 0 Å². The smallest absolute Gasteiger partial charge is 0.240 e. The van der Waals surface area contributed by atoms with Gasteiger partial charge in [-0.15, -0.1) is 19.0 Å². The van der Waals surface area contributed by atoms with Crippen molar-refractivity contribution in [1.29, 1.82) is 0 Å². The molecule has 110 valence electrons. The fraction of sp³-hybridized carbons (Fsp3) is 0.692. The second kappa shape index (κ2) is 8.93. The van der Waals surface area contributed by atoms with Crippen LogP contribution < -0.4 is 5.32 Å². The van der Waals surface area contributed by atoms with Gasteiger partial charge in [0.1, 0.15) is 0 Å². The molecule has 6 heteroatoms. The van der Waals surface area contributed by atoms with Crippen molar-refractivity contribution in [1.82, 2.24) is 15.1 Å². The topological polar surface area (TPSA) is 52.7 Å². The minimum Gasteiger partial charge on any atom is -0.343 e. The van der Waals surface area contributed by atoms with Crippen LogP contribution in [0, 0.1) is 0 Å². The third-order valence-corrected chi connectivity index (χ3v) is 3.23. The first-order valence-corrected chi connectivity index (χ1v) is 6.54. The molecule has 1 aliphatic rings. The van der Waals surface area contributed by atoms with E-state index in [-0.39, 0.29) is 36.7 Å². The molecule has 2 amide bonds. The minimum absolute atomic E-state index is 0. The number of hydrogen-bond acceptors (Lipinski definition) is 3. The molecule has 0 spiro atoms. The van der Waals surface area contributed by atoms with Crippen LogP contribution in [0.4, 0.5) is 0 Å². The normalized spacial score (nSPS) is 18.7. The number of amides is 2. The second-order valence-electron chi connectivity index (χ2n) is 4.35. The van der Waals surface area contributed by atoms with Crippen molar-refractivity contribution in [3.8, 4) is 0 Å². The van der Waals surface area contributed by atoms with Gasteiger partial charge in [0.05, 0.1) is 12.5 Å². The first-order chi connectivity index (χ1) is 8.63. The number of carbonyl (C=O) groups excluding carboxylic acids is 2. The van der Waals surface area contributed by atoms with Gasteiger partial charge in [0.25, 0.3) is 0 Å². The number of nitrogens with zero attached hydrogens (tertiary/aromatic N) is 2. The first-order valence-electron chi connectivity index (χ1n) is 6.54. The maximum atomic E-state index is 12.1. The summed E-state index contributed by atoms with van der Waals surface area (Å²) < 4.78 is 0. The number of nitrogens with one attached hydrogen (secondary N) is 1. The van der Waals surface area contributed by atoms with Crippen LogP contribution in [-0.2, 0) is 9.59 Å². The van der Waals surface area contributed by atoms with Gasteiger partial charge in [-0.05, 0) is 13.8 Å². The Morgan fingerprint density at radius 1 is 1.53 bits per heavy atom. The molecule has 1 saturated heterocycles.